The van der Waals surface area contributed by atoms with Crippen molar-refractivity contribution in [2.75, 3.05) is 20.2 Å². The van der Waals surface area contributed by atoms with Crippen LogP contribution in [0.3, 0.4) is 0 Å². The van der Waals surface area contributed by atoms with Crippen molar-refractivity contribution in [2.24, 2.45) is 0 Å². The summed E-state index contributed by atoms with van der Waals surface area (Å²) in [7, 11) is 1.64. The molecule has 1 aliphatic heterocycles. The zero-order chi connectivity index (χ0) is 19.0. The third-order valence-corrected chi connectivity index (χ3v) is 5.18. The minimum atomic E-state index is 0.0612. The number of amides is 1. The number of hydrogen-bond donors (Lipinski definition) is 0. The molecule has 2 aromatic heterocycles. The van der Waals surface area contributed by atoms with Gasteiger partial charge in [0.05, 0.1) is 12.8 Å². The molecule has 1 aromatic carbocycles. The molecule has 7 nitrogen and oxygen atoms in total. The van der Waals surface area contributed by atoms with E-state index in [9.17, 15) is 4.79 Å². The van der Waals surface area contributed by atoms with Crippen molar-refractivity contribution in [1.82, 2.24) is 24.5 Å². The van der Waals surface area contributed by atoms with Gasteiger partial charge in [-0.1, -0.05) is 0 Å². The van der Waals surface area contributed by atoms with Crippen molar-refractivity contribution in [1.29, 1.82) is 0 Å². The molecule has 0 saturated carbocycles. The van der Waals surface area contributed by atoms with Gasteiger partial charge in [0.15, 0.2) is 0 Å². The normalized spacial score (nSPS) is 17.3. The molecule has 1 aliphatic rings. The van der Waals surface area contributed by atoms with Gasteiger partial charge in [0.1, 0.15) is 12.1 Å². The Labute approximate surface area is 158 Å². The monoisotopic (exact) mass is 365 g/mol. The number of nitrogens with zero attached hydrogens (tertiary/aromatic N) is 5. The number of ether oxygens (including phenoxy) is 1. The third-order valence-electron chi connectivity index (χ3n) is 5.18. The van der Waals surface area contributed by atoms with Gasteiger partial charge in [-0.15, -0.1) is 0 Å². The number of benzene rings is 1. The van der Waals surface area contributed by atoms with E-state index in [1.54, 1.807) is 11.6 Å². The Kier molecular flexibility index (Phi) is 4.51. The minimum Gasteiger partial charge on any atom is -0.496 e. The molecule has 4 rings (SSSR count). The highest BCUT2D eigenvalue weighted by Crippen LogP contribution is 2.29. The molecule has 0 radical (unpaired) electrons. The summed E-state index contributed by atoms with van der Waals surface area (Å²) >= 11 is 0. The molecule has 140 valence electrons. The van der Waals surface area contributed by atoms with Gasteiger partial charge in [-0.25, -0.2) is 9.50 Å². The molecule has 27 heavy (non-hydrogen) atoms. The molecule has 1 amide bonds. The molecule has 1 unspecified atom stereocenters. The summed E-state index contributed by atoms with van der Waals surface area (Å²) in [6.07, 6.45) is 3.50. The van der Waals surface area contributed by atoms with Crippen LogP contribution in [0.4, 0.5) is 0 Å². The summed E-state index contributed by atoms with van der Waals surface area (Å²) in [5, 5.41) is 4.32. The summed E-state index contributed by atoms with van der Waals surface area (Å²) < 4.78 is 7.09. The molecule has 7 heteroatoms. The SMILES string of the molecule is COc1ccc(C(=O)N2CCCC(c3cc(C)nc4ncnn34)C2)cc1C. The van der Waals surface area contributed by atoms with E-state index < -0.39 is 0 Å². The maximum absolute atomic E-state index is 13.0. The number of rotatable bonds is 3. The average Bonchev–Trinajstić information content (AvgIpc) is 3.15. The Morgan fingerprint density at radius 2 is 2.11 bits per heavy atom. The van der Waals surface area contributed by atoms with Crippen molar-refractivity contribution < 1.29 is 9.53 Å². The molecule has 0 bridgehead atoms. The number of aryl methyl sites for hydroxylation is 2. The lowest BCUT2D eigenvalue weighted by Gasteiger charge is -2.33. The van der Waals surface area contributed by atoms with Gasteiger partial charge >= 0.3 is 0 Å². The van der Waals surface area contributed by atoms with Crippen LogP contribution in [0.2, 0.25) is 0 Å². The van der Waals surface area contributed by atoms with Crippen LogP contribution >= 0.6 is 0 Å². The standard InChI is InChI=1S/C20H23N5O2/c1-13-9-15(6-7-18(13)27-3)19(26)24-8-4-5-16(11-24)17-10-14(2)23-20-21-12-22-25(17)20/h6-7,9-10,12,16H,4-5,8,11H2,1-3H3. The van der Waals surface area contributed by atoms with Crippen molar-refractivity contribution in [2.45, 2.75) is 32.6 Å². The number of likely N-dealkylation sites (tertiary alicyclic amines) is 1. The number of fused-ring (bicyclic) bond motifs is 1. The molecule has 1 saturated heterocycles. The first-order valence-electron chi connectivity index (χ1n) is 9.18. The van der Waals surface area contributed by atoms with E-state index in [1.165, 1.54) is 6.33 Å². The quantitative estimate of drug-likeness (QED) is 0.714. The molecule has 1 atom stereocenters. The van der Waals surface area contributed by atoms with Crippen molar-refractivity contribution in [3.63, 3.8) is 0 Å². The van der Waals surface area contributed by atoms with Crippen LogP contribution in [0.5, 0.6) is 5.75 Å². The zero-order valence-electron chi connectivity index (χ0n) is 15.8. The lowest BCUT2D eigenvalue weighted by molar-refractivity contribution is 0.0705. The minimum absolute atomic E-state index is 0.0612. The van der Waals surface area contributed by atoms with Gasteiger partial charge in [0.25, 0.3) is 11.7 Å². The summed E-state index contributed by atoms with van der Waals surface area (Å²) in [6.45, 7) is 5.35. The van der Waals surface area contributed by atoms with Gasteiger partial charge in [-0.05, 0) is 56.5 Å². The van der Waals surface area contributed by atoms with Crippen LogP contribution in [0, 0.1) is 13.8 Å². The Bertz CT molecular complexity index is 997. The molecule has 3 aromatic rings. The predicted octanol–water partition coefficient (Wildman–Crippen LogP) is 2.77. The molecule has 0 N–H and O–H groups in total. The van der Waals surface area contributed by atoms with Crippen LogP contribution in [-0.4, -0.2) is 50.6 Å². The Hall–Kier alpha value is -2.96. The predicted molar refractivity (Wildman–Crippen MR) is 101 cm³/mol. The zero-order valence-corrected chi connectivity index (χ0v) is 15.8. The van der Waals surface area contributed by atoms with Crippen LogP contribution in [0.1, 0.15) is 46.1 Å². The van der Waals surface area contributed by atoms with Gasteiger partial charge < -0.3 is 9.64 Å². The molecular weight excluding hydrogens is 342 g/mol. The molecule has 0 aliphatic carbocycles. The first-order chi connectivity index (χ1) is 13.1. The highest BCUT2D eigenvalue weighted by atomic mass is 16.5. The molecular formula is C20H23N5O2. The van der Waals surface area contributed by atoms with Crippen molar-refractivity contribution in [3.8, 4) is 5.75 Å². The Morgan fingerprint density at radius 3 is 2.89 bits per heavy atom. The third kappa shape index (κ3) is 3.25. The number of piperidine rings is 1. The second-order valence-corrected chi connectivity index (χ2v) is 7.07. The Morgan fingerprint density at radius 1 is 1.26 bits per heavy atom. The summed E-state index contributed by atoms with van der Waals surface area (Å²) in [6, 6.07) is 7.65. The van der Waals surface area contributed by atoms with E-state index in [1.807, 2.05) is 36.9 Å². The van der Waals surface area contributed by atoms with Crippen LogP contribution in [0.15, 0.2) is 30.6 Å². The number of methoxy groups -OCH3 is 1. The summed E-state index contributed by atoms with van der Waals surface area (Å²) in [5.41, 5.74) is 3.65. The van der Waals surface area contributed by atoms with Crippen molar-refractivity contribution in [3.05, 3.63) is 53.1 Å². The van der Waals surface area contributed by atoms with Crippen molar-refractivity contribution >= 4 is 11.7 Å². The topological polar surface area (TPSA) is 72.6 Å². The van der Waals surface area contributed by atoms with Crippen LogP contribution < -0.4 is 4.74 Å². The van der Waals surface area contributed by atoms with E-state index >= 15 is 0 Å². The van der Waals surface area contributed by atoms with Crippen LogP contribution in [-0.2, 0) is 0 Å². The van der Waals surface area contributed by atoms with Gasteiger partial charge in [0.2, 0.25) is 0 Å². The summed E-state index contributed by atoms with van der Waals surface area (Å²) in [4.78, 5) is 23.6. The highest BCUT2D eigenvalue weighted by Gasteiger charge is 2.28. The fourth-order valence-electron chi connectivity index (χ4n) is 3.85. The molecule has 0 spiro atoms. The fourth-order valence-corrected chi connectivity index (χ4v) is 3.85. The van der Waals surface area contributed by atoms with E-state index in [2.05, 4.69) is 21.1 Å². The Balaban J connectivity index is 1.60. The van der Waals surface area contributed by atoms with E-state index in [0.717, 1.165) is 42.1 Å². The van der Waals surface area contributed by atoms with E-state index in [4.69, 9.17) is 4.74 Å². The second kappa shape index (κ2) is 6.98. The number of hydrogen-bond acceptors (Lipinski definition) is 5. The largest absolute Gasteiger partial charge is 0.496 e. The first kappa shape index (κ1) is 17.5. The van der Waals surface area contributed by atoms with E-state index in [-0.39, 0.29) is 11.8 Å². The summed E-state index contributed by atoms with van der Waals surface area (Å²) in [5.74, 6) is 1.68. The van der Waals surface area contributed by atoms with Gasteiger partial charge in [-0.3, -0.25) is 4.79 Å². The lowest BCUT2D eigenvalue weighted by atomic mass is 9.93. The molecule has 1 fully saturated rings. The highest BCUT2D eigenvalue weighted by molar-refractivity contribution is 5.94. The number of aromatic nitrogens is 4. The first-order valence-corrected chi connectivity index (χ1v) is 9.18. The number of carbonyl (C=O) groups excluding carboxylic acids is 1. The second-order valence-electron chi connectivity index (χ2n) is 7.07. The average molecular weight is 365 g/mol. The maximum Gasteiger partial charge on any atom is 0.253 e. The lowest BCUT2D eigenvalue weighted by Crippen LogP contribution is -2.39. The molecule has 3 heterocycles. The maximum atomic E-state index is 13.0. The van der Waals surface area contributed by atoms with Crippen LogP contribution in [0.25, 0.3) is 5.78 Å². The van der Waals surface area contributed by atoms with Gasteiger partial charge in [0, 0.05) is 30.3 Å². The smallest absolute Gasteiger partial charge is 0.253 e. The number of carbonyl (C=O) groups is 1. The van der Waals surface area contributed by atoms with E-state index in [0.29, 0.717) is 17.9 Å². The fraction of sp³-hybridized carbons (Fsp3) is 0.400. The van der Waals surface area contributed by atoms with Gasteiger partial charge in [-0.2, -0.15) is 10.1 Å².